The number of carboxylic acids is 1. The van der Waals surface area contributed by atoms with Crippen LogP contribution < -0.4 is 77.8 Å². The third-order valence-corrected chi connectivity index (χ3v) is 26.4. The van der Waals surface area contributed by atoms with Gasteiger partial charge in [-0.05, 0) is 162 Å². The molecule has 0 spiro atoms. The molecule has 0 saturated carbocycles. The molecule has 8 aliphatic heterocycles. The number of amides is 8. The number of likely N-dealkylation sites (N-methyl/N-ethyl adjacent to an activating group) is 1. The molecule has 42 heteroatoms. The number of anilines is 1. The molecule has 8 amide bonds. The van der Waals surface area contributed by atoms with Gasteiger partial charge < -0.3 is 138 Å². The molecule has 8 heterocycles. The number of carbonyl (C=O) groups excluding carboxylic acids is 8. The molecule has 4 saturated heterocycles. The van der Waals surface area contributed by atoms with Crippen molar-refractivity contribution in [2.24, 2.45) is 28.9 Å². The minimum Gasteiger partial charge on any atom is -0.512 e. The van der Waals surface area contributed by atoms with Crippen molar-refractivity contribution >= 4 is 92.3 Å². The van der Waals surface area contributed by atoms with E-state index in [4.69, 9.17) is 62.1 Å². The summed E-state index contributed by atoms with van der Waals surface area (Å²) in [6.45, 7) is 11.2. The normalized spacial score (nSPS) is 31.9. The maximum atomic E-state index is 16.6. The van der Waals surface area contributed by atoms with Gasteiger partial charge in [0.05, 0.1) is 51.9 Å². The van der Waals surface area contributed by atoms with Crippen LogP contribution in [-0.4, -0.2) is 256 Å². The van der Waals surface area contributed by atoms with E-state index >= 15 is 24.0 Å². The number of carbonyl (C=O) groups is 9. The highest BCUT2D eigenvalue weighted by molar-refractivity contribution is 7.89. The summed E-state index contributed by atoms with van der Waals surface area (Å²) in [5.74, 6) is -18.6. The van der Waals surface area contributed by atoms with E-state index in [0.717, 1.165) is 49.7 Å². The van der Waals surface area contributed by atoms with E-state index in [1.165, 1.54) is 57.3 Å². The van der Waals surface area contributed by atoms with Gasteiger partial charge in [0.2, 0.25) is 63.4 Å². The van der Waals surface area contributed by atoms with Gasteiger partial charge in [-0.15, -0.1) is 11.6 Å². The molecule has 0 aromatic heterocycles. The van der Waals surface area contributed by atoms with Crippen LogP contribution in [0.2, 0.25) is 0 Å². The van der Waals surface area contributed by atoms with Crippen molar-refractivity contribution in [3.8, 4) is 17.2 Å². The fourth-order valence-corrected chi connectivity index (χ4v) is 18.8. The number of benzene rings is 2. The average Bonchev–Trinajstić information content (AvgIpc) is 1.41. The van der Waals surface area contributed by atoms with Crippen molar-refractivity contribution in [2.75, 3.05) is 45.2 Å². The second-order valence-corrected chi connectivity index (χ2v) is 36.7. The number of allylic oxidation sites excluding steroid dienone is 9. The molecule has 2 aromatic rings. The van der Waals surface area contributed by atoms with Gasteiger partial charge >= 0.3 is 12.1 Å². The smallest absolute Gasteiger partial charge is 0.408 e. The summed E-state index contributed by atoms with van der Waals surface area (Å²) in [4.78, 5) is 133. The van der Waals surface area contributed by atoms with Crippen LogP contribution in [0.1, 0.15) is 131 Å². The van der Waals surface area contributed by atoms with Crippen LogP contribution >= 0.6 is 23.2 Å². The van der Waals surface area contributed by atoms with Crippen molar-refractivity contribution < 1.29 is 131 Å². The van der Waals surface area contributed by atoms with Crippen molar-refractivity contribution in [1.29, 1.82) is 0 Å². The Hall–Kier alpha value is -10.1. The number of alkyl halides is 1. The van der Waals surface area contributed by atoms with Crippen molar-refractivity contribution in [1.82, 2.24) is 52.6 Å². The predicted octanol–water partition coefficient (Wildman–Crippen LogP) is 1.96. The minimum atomic E-state index is -3.94. The van der Waals surface area contributed by atoms with Gasteiger partial charge in [-0.25, -0.2) is 22.7 Å². The molecule has 12 aliphatic rings. The first-order chi connectivity index (χ1) is 60.2. The molecular formula is C85H110Cl2N12O27S. The predicted molar refractivity (Wildman–Crippen MR) is 453 cm³/mol. The fourth-order valence-electron chi connectivity index (χ4n) is 17.2. The highest BCUT2D eigenvalue weighted by Gasteiger charge is 2.57. The number of sulfonamides is 1. The third-order valence-electron chi connectivity index (χ3n) is 24.2. The van der Waals surface area contributed by atoms with E-state index in [0.29, 0.717) is 6.42 Å². The van der Waals surface area contributed by atoms with Crippen LogP contribution in [0.25, 0.3) is 0 Å². The van der Waals surface area contributed by atoms with E-state index in [1.807, 2.05) is 13.8 Å². The zero-order valence-electron chi connectivity index (χ0n) is 70.9. The zero-order valence-corrected chi connectivity index (χ0v) is 73.2. The number of unbranched alkanes of at least 4 members (excludes halogenated alkanes) is 3. The fraction of sp³-hybridized carbons (Fsp3) is 0.553. The van der Waals surface area contributed by atoms with E-state index in [2.05, 4.69) is 70.5 Å². The highest BCUT2D eigenvalue weighted by Crippen LogP contribution is 2.51. The van der Waals surface area contributed by atoms with E-state index in [9.17, 15) is 73.6 Å². The largest absolute Gasteiger partial charge is 0.512 e. The van der Waals surface area contributed by atoms with Crippen LogP contribution in [0.4, 0.5) is 10.5 Å². The first kappa shape index (κ1) is 96.0. The molecule has 14 rings (SSSR count). The maximum absolute atomic E-state index is 16.6. The number of alkyl carbamates (subject to hydrolysis) is 1. The number of hydrogen-bond acceptors (Lipinski definition) is 29. The van der Waals surface area contributed by atoms with E-state index in [-0.39, 0.29) is 95.8 Å². The van der Waals surface area contributed by atoms with Crippen molar-refractivity contribution in [3.05, 3.63) is 140 Å². The number of nitrogens with one attached hydrogen (secondary N) is 11. The molecule has 11 bridgehead atoms. The number of aliphatic carboxylic acids is 1. The number of fused-ring (bicyclic) bond motifs is 16. The topological polar surface area (TPSA) is 593 Å². The number of carboxylic acid groups (broad SMARTS) is 1. The summed E-state index contributed by atoms with van der Waals surface area (Å²) >= 11 is 14.6. The number of nitrogens with two attached hydrogens (primary N) is 1. The molecular weight excluding hydrogens is 1720 g/mol. The molecule has 2 aromatic carbocycles. The quantitative estimate of drug-likeness (QED) is 0.0345. The Morgan fingerprint density at radius 3 is 2.17 bits per heavy atom. The highest BCUT2D eigenvalue weighted by atomic mass is 35.5. The Morgan fingerprint density at radius 2 is 1.50 bits per heavy atom. The molecule has 39 nitrogen and oxygen atoms in total. The van der Waals surface area contributed by atoms with Gasteiger partial charge in [-0.2, -0.15) is 0 Å². The minimum absolute atomic E-state index is 0.00289. The second-order valence-electron chi connectivity index (χ2n) is 34.0. The summed E-state index contributed by atoms with van der Waals surface area (Å²) in [5, 5.41) is 134. The number of halogens is 2. The molecule has 22 N–H and O–H groups in total. The Kier molecular flexibility index (Phi) is 30.4. The van der Waals surface area contributed by atoms with Gasteiger partial charge in [-0.1, -0.05) is 70.0 Å². The molecule has 3 unspecified atom stereocenters. The van der Waals surface area contributed by atoms with E-state index in [1.54, 1.807) is 26.0 Å². The SMILES string of the molecule is CCCCCNc1ccc(S(=O)(=O)NCCCCNCC2(C)C(O)=C=C3C(=C2O)C2C(O)=CC=C(C2C)[C@H]2NC(=O)[C@@H]4NC(=O)[C@H](CC(N)=O)NC(=O)[C@H](NC(=O)[C@@H](CC(C)C)NC)[C@H](O)C5=CC(Cl)=C(CC5)Oc5cc4cc(c5O[C@@H]4O[C@H](CO)[C@@H](O)[C@H](O)[C@H]4O[C@H]4C[C@]5(C)NC(=O)O[C@@H]5[C@H](C)O4)OC4=CC=C(C[C@@H]4Cl)[C@@H](O)[C@H](NC2=O)C(=O)N[C@@H]3C(=O)O)cc1. The Labute approximate surface area is 741 Å². The molecule has 692 valence electrons. The number of hydrogen-bond donors (Lipinski definition) is 21. The number of primary amides is 1. The summed E-state index contributed by atoms with van der Waals surface area (Å²) < 4.78 is 74.3. The lowest BCUT2D eigenvalue weighted by atomic mass is 9.67. The van der Waals surface area contributed by atoms with Crippen molar-refractivity contribution in [2.45, 2.75) is 239 Å². The number of aliphatic hydroxyl groups excluding tert-OH is 8. The molecule has 4 aliphatic carbocycles. The van der Waals surface area contributed by atoms with Gasteiger partial charge in [-0.3, -0.25) is 33.6 Å². The number of rotatable bonds is 27. The summed E-state index contributed by atoms with van der Waals surface area (Å²) in [7, 11) is -2.46. The standard InChI is InChI=1S/C85H110Cl2N12O27S/c1-9-10-11-25-91-43-16-18-44(19-17-43)127(118,119)92-26-13-12-24-90-36-84(6)57(102)32-46-61(73(84)108)60-38(4)45(20-21-51(60)101)63-78(112)98-66(80(114)96-64(46)81(115)116)68(105)41-15-23-53(48(87)29-41)122-55-31-42-30-54(71(55)125-82-72(70(107)69(106)56(35-100)123-82)124-59-34-85(7)74(39(5)120-59)126-83(117)99-85)121-52-22-14-40(28-47(52)86)67(104)65(97-75(109)49(89-8)27-37(2)3)79(113)93-50(33-58(88)103)76(110)94-62(42)77(111)95-63/h15-21,23,28,30-31,37-39,48-50,56,59-60,62-70,72,74,82,89-92,100-102,104-108H,9-14,22,24-27,29,33-36H2,1-8H3,(H2,88,103)(H,93,113)(H,94,110)(H,95,111)(H,96,114)(H,97,109)(H,98,112)(H,99,117)(H,115,116)/t38?,39-,48-,49+,50-,56+,59-,60?,62+,63+,64-,65+,66-,67+,68+,69+,70-,72+,74+,82-,84?,85-/m0/s1. The Bertz CT molecular complexity index is 5030. The lowest BCUT2D eigenvalue weighted by Crippen LogP contribution is -2.63. The third kappa shape index (κ3) is 21.1. The van der Waals surface area contributed by atoms with Gasteiger partial charge in [0.15, 0.2) is 36.0 Å². The zero-order chi connectivity index (χ0) is 92.2. The lowest BCUT2D eigenvalue weighted by Gasteiger charge is -2.46. The van der Waals surface area contributed by atoms with Gasteiger partial charge in [0.1, 0.15) is 94.9 Å². The monoisotopic (exact) mass is 1830 g/mol. The van der Waals surface area contributed by atoms with Crippen LogP contribution in [0.5, 0.6) is 17.2 Å². The number of aliphatic hydroxyl groups is 8. The Morgan fingerprint density at radius 1 is 0.803 bits per heavy atom. The van der Waals surface area contributed by atoms with Gasteiger partial charge in [0.25, 0.3) is 0 Å². The first-order valence-electron chi connectivity index (χ1n) is 42.1. The summed E-state index contributed by atoms with van der Waals surface area (Å²) in [5.41, 5.74) is 4.21. The molecule has 0 radical (unpaired) electrons. The summed E-state index contributed by atoms with van der Waals surface area (Å²) in [6.07, 6.45) is -10.3. The van der Waals surface area contributed by atoms with Crippen LogP contribution in [0, 0.1) is 23.2 Å². The maximum Gasteiger partial charge on any atom is 0.408 e. The Balaban J connectivity index is 0.988. The van der Waals surface area contributed by atoms with Crippen molar-refractivity contribution in [3.63, 3.8) is 0 Å². The first-order valence-corrected chi connectivity index (χ1v) is 44.4. The van der Waals surface area contributed by atoms with Gasteiger partial charge in [0, 0.05) is 49.3 Å². The van der Waals surface area contributed by atoms with Crippen LogP contribution in [0.15, 0.2) is 139 Å². The molecule has 22 atom stereocenters. The summed E-state index contributed by atoms with van der Waals surface area (Å²) in [6, 6.07) is -5.97. The van der Waals surface area contributed by atoms with E-state index < -0.39 is 266 Å². The number of ether oxygens (including phenoxy) is 7. The van der Waals surface area contributed by atoms with Crippen LogP contribution in [-0.2, 0) is 67.3 Å². The molecule has 4 fully saturated rings. The molecule has 127 heavy (non-hydrogen) atoms. The lowest BCUT2D eigenvalue weighted by molar-refractivity contribution is -0.332. The average molecular weight is 1830 g/mol. The van der Waals surface area contributed by atoms with Crippen LogP contribution in [0.3, 0.4) is 0 Å². The second kappa shape index (κ2) is 40.3.